The molecule has 102 valence electrons. The maximum Gasteiger partial charge on any atom is 0.305 e. The number of aryl methyl sites for hydroxylation is 4. The lowest BCUT2D eigenvalue weighted by molar-refractivity contribution is -0.140. The first-order valence-corrected chi connectivity index (χ1v) is 6.79. The van der Waals surface area contributed by atoms with E-state index in [1.807, 2.05) is 12.4 Å². The highest BCUT2D eigenvalue weighted by molar-refractivity contribution is 7.09. The first-order valence-electron chi connectivity index (χ1n) is 5.91. The second-order valence-electron chi connectivity index (χ2n) is 3.99. The molecule has 0 atom stereocenters. The average Bonchev–Trinajstić information content (AvgIpc) is 3.02. The third-order valence-electron chi connectivity index (χ3n) is 2.66. The highest BCUT2D eigenvalue weighted by Crippen LogP contribution is 2.13. The fraction of sp³-hybridized carbons (Fsp3) is 0.545. The van der Waals surface area contributed by atoms with Gasteiger partial charge in [-0.25, -0.2) is 4.98 Å². The van der Waals surface area contributed by atoms with Crippen molar-refractivity contribution < 1.29 is 9.53 Å². The first kappa shape index (κ1) is 13.6. The van der Waals surface area contributed by atoms with E-state index in [0.717, 1.165) is 12.1 Å². The van der Waals surface area contributed by atoms with Gasteiger partial charge >= 0.3 is 5.97 Å². The summed E-state index contributed by atoms with van der Waals surface area (Å²) in [4.78, 5) is 18.0. The van der Waals surface area contributed by atoms with Gasteiger partial charge in [-0.05, 0) is 12.1 Å². The molecule has 19 heavy (non-hydrogen) atoms. The van der Waals surface area contributed by atoms with Crippen LogP contribution < -0.4 is 0 Å². The Bertz CT molecular complexity index is 551. The van der Waals surface area contributed by atoms with Gasteiger partial charge in [0.25, 0.3) is 0 Å². The van der Waals surface area contributed by atoms with Crippen molar-refractivity contribution in [3.63, 3.8) is 0 Å². The van der Waals surface area contributed by atoms with Crippen LogP contribution >= 0.6 is 11.3 Å². The number of tetrazole rings is 1. The summed E-state index contributed by atoms with van der Waals surface area (Å²) in [7, 11) is 1.37. The molecule has 0 spiro atoms. The fourth-order valence-corrected chi connectivity index (χ4v) is 2.33. The Morgan fingerprint density at radius 2 is 2.32 bits per heavy atom. The van der Waals surface area contributed by atoms with Crippen LogP contribution in [0.5, 0.6) is 0 Å². The molecule has 7 nitrogen and oxygen atoms in total. The summed E-state index contributed by atoms with van der Waals surface area (Å²) >= 11 is 1.63. The van der Waals surface area contributed by atoms with E-state index in [4.69, 9.17) is 0 Å². The minimum absolute atomic E-state index is 0.267. The molecule has 2 aromatic heterocycles. The Morgan fingerprint density at radius 1 is 1.47 bits per heavy atom. The largest absolute Gasteiger partial charge is 0.469 e. The summed E-state index contributed by atoms with van der Waals surface area (Å²) in [5, 5.41) is 12.1. The Labute approximate surface area is 114 Å². The number of aromatic nitrogens is 5. The van der Waals surface area contributed by atoms with E-state index in [0.29, 0.717) is 18.8 Å². The van der Waals surface area contributed by atoms with E-state index < -0.39 is 0 Å². The van der Waals surface area contributed by atoms with Crippen LogP contribution in [0, 0.1) is 6.92 Å². The van der Waals surface area contributed by atoms with Crippen molar-refractivity contribution in [1.29, 1.82) is 0 Å². The molecule has 2 heterocycles. The summed E-state index contributed by atoms with van der Waals surface area (Å²) in [6, 6.07) is 0. The van der Waals surface area contributed by atoms with Gasteiger partial charge in [0, 0.05) is 17.7 Å². The summed E-state index contributed by atoms with van der Waals surface area (Å²) in [6.45, 7) is 2.65. The number of carbonyl (C=O) groups is 1. The summed E-state index contributed by atoms with van der Waals surface area (Å²) in [5.74, 6) is 0.295. The summed E-state index contributed by atoms with van der Waals surface area (Å²) in [5.41, 5.74) is 2.89. The van der Waals surface area contributed by atoms with E-state index >= 15 is 0 Å². The first-order chi connectivity index (χ1) is 9.19. The van der Waals surface area contributed by atoms with Gasteiger partial charge in [-0.2, -0.15) is 4.80 Å². The maximum atomic E-state index is 11.0. The molecule has 2 rings (SSSR count). The van der Waals surface area contributed by atoms with Crippen molar-refractivity contribution in [2.24, 2.45) is 0 Å². The van der Waals surface area contributed by atoms with Gasteiger partial charge in [0.15, 0.2) is 5.82 Å². The quantitative estimate of drug-likeness (QED) is 0.728. The van der Waals surface area contributed by atoms with Crippen molar-refractivity contribution in [2.45, 2.75) is 32.7 Å². The Morgan fingerprint density at radius 3 is 3.00 bits per heavy atom. The number of carbonyl (C=O) groups excluding carboxylic acids is 1. The molecular weight excluding hydrogens is 266 g/mol. The van der Waals surface area contributed by atoms with Crippen molar-refractivity contribution in [2.75, 3.05) is 7.11 Å². The molecular formula is C11H15N5O2S. The van der Waals surface area contributed by atoms with Crippen LogP contribution in [0.3, 0.4) is 0 Å². The smallest absolute Gasteiger partial charge is 0.305 e. The second-order valence-corrected chi connectivity index (χ2v) is 4.93. The summed E-state index contributed by atoms with van der Waals surface area (Å²) in [6.07, 6.45) is 1.56. The number of hydrogen-bond donors (Lipinski definition) is 0. The van der Waals surface area contributed by atoms with Crippen LogP contribution in [0.4, 0.5) is 0 Å². The molecule has 0 amide bonds. The highest BCUT2D eigenvalue weighted by Gasteiger charge is 2.08. The molecule has 0 aliphatic carbocycles. The van der Waals surface area contributed by atoms with Crippen molar-refractivity contribution in [3.05, 3.63) is 21.9 Å². The third-order valence-corrected chi connectivity index (χ3v) is 3.65. The van der Waals surface area contributed by atoms with Crippen LogP contribution in [-0.4, -0.2) is 38.3 Å². The molecule has 8 heteroatoms. The molecule has 0 aromatic carbocycles. The lowest BCUT2D eigenvalue weighted by atomic mass is 10.3. The van der Waals surface area contributed by atoms with Crippen molar-refractivity contribution in [1.82, 2.24) is 25.2 Å². The monoisotopic (exact) mass is 281 g/mol. The van der Waals surface area contributed by atoms with Crippen molar-refractivity contribution >= 4 is 17.3 Å². The van der Waals surface area contributed by atoms with Gasteiger partial charge in [-0.15, -0.1) is 21.5 Å². The molecule has 0 aliphatic rings. The molecule has 0 fully saturated rings. The van der Waals surface area contributed by atoms with Gasteiger partial charge in [0.2, 0.25) is 0 Å². The number of hydrogen-bond acceptors (Lipinski definition) is 7. The van der Waals surface area contributed by atoms with Gasteiger partial charge in [0.05, 0.1) is 31.3 Å². The number of nitrogens with zero attached hydrogens (tertiary/aromatic N) is 5. The molecule has 0 radical (unpaired) electrons. The van der Waals surface area contributed by atoms with Crippen LogP contribution in [0.15, 0.2) is 5.51 Å². The predicted octanol–water partition coefficient (Wildman–Crippen LogP) is 0.786. The van der Waals surface area contributed by atoms with Crippen LogP contribution in [0.2, 0.25) is 0 Å². The van der Waals surface area contributed by atoms with E-state index in [1.165, 1.54) is 12.0 Å². The molecule has 0 unspecified atom stereocenters. The van der Waals surface area contributed by atoms with Gasteiger partial charge in [-0.1, -0.05) is 0 Å². The zero-order valence-corrected chi connectivity index (χ0v) is 11.7. The van der Waals surface area contributed by atoms with E-state index in [-0.39, 0.29) is 12.4 Å². The molecule has 2 aromatic rings. The number of esters is 1. The molecule has 0 saturated carbocycles. The SMILES string of the molecule is COC(=O)CCc1nnn(CCc2scnc2C)n1. The number of methoxy groups -OCH3 is 1. The number of ether oxygens (including phenoxy) is 1. The lowest BCUT2D eigenvalue weighted by Gasteiger charge is -1.97. The van der Waals surface area contributed by atoms with Crippen LogP contribution in [0.1, 0.15) is 22.8 Å². The highest BCUT2D eigenvalue weighted by atomic mass is 32.1. The Balaban J connectivity index is 1.84. The van der Waals surface area contributed by atoms with Gasteiger partial charge in [-0.3, -0.25) is 4.79 Å². The Hall–Kier alpha value is -1.83. The van der Waals surface area contributed by atoms with Gasteiger partial charge in [0.1, 0.15) is 0 Å². The van der Waals surface area contributed by atoms with E-state index in [2.05, 4.69) is 25.1 Å². The van der Waals surface area contributed by atoms with Crippen LogP contribution in [0.25, 0.3) is 0 Å². The minimum atomic E-state index is -0.267. The summed E-state index contributed by atoms with van der Waals surface area (Å²) < 4.78 is 4.56. The fourth-order valence-electron chi connectivity index (χ4n) is 1.55. The minimum Gasteiger partial charge on any atom is -0.469 e. The maximum absolute atomic E-state index is 11.0. The normalized spacial score (nSPS) is 10.6. The van der Waals surface area contributed by atoms with Crippen molar-refractivity contribution in [3.8, 4) is 0 Å². The Kier molecular flexibility index (Phi) is 4.56. The van der Waals surface area contributed by atoms with E-state index in [9.17, 15) is 4.79 Å². The number of thiazole rings is 1. The van der Waals surface area contributed by atoms with E-state index in [1.54, 1.807) is 16.1 Å². The van der Waals surface area contributed by atoms with Crippen LogP contribution in [-0.2, 0) is 28.9 Å². The number of rotatable bonds is 6. The molecule has 0 N–H and O–H groups in total. The standard InChI is InChI=1S/C11H15N5O2S/c1-8-9(19-7-12-8)5-6-16-14-10(13-15-16)3-4-11(17)18-2/h7H,3-6H2,1-2H3. The predicted molar refractivity (Wildman–Crippen MR) is 68.7 cm³/mol. The second kappa shape index (κ2) is 6.37. The molecule has 0 bridgehead atoms. The topological polar surface area (TPSA) is 82.8 Å². The average molecular weight is 281 g/mol. The lowest BCUT2D eigenvalue weighted by Crippen LogP contribution is -2.06. The molecule has 0 saturated heterocycles. The van der Waals surface area contributed by atoms with Gasteiger partial charge < -0.3 is 4.74 Å². The third kappa shape index (κ3) is 3.82. The zero-order chi connectivity index (χ0) is 13.7. The molecule has 0 aliphatic heterocycles. The zero-order valence-electron chi connectivity index (χ0n) is 10.9.